The molecule has 1 fully saturated rings. The van der Waals surface area contributed by atoms with Crippen molar-refractivity contribution >= 4 is 23.8 Å². The number of hydrogen-bond donors (Lipinski definition) is 2. The number of nitrogens with zero attached hydrogens (tertiary/aromatic N) is 1. The maximum Gasteiger partial charge on any atom is 0.309 e. The van der Waals surface area contributed by atoms with Gasteiger partial charge in [-0.15, -0.1) is 0 Å². The van der Waals surface area contributed by atoms with Gasteiger partial charge in [-0.25, -0.2) is 0 Å². The number of carbonyl (C=O) groups is 4. The van der Waals surface area contributed by atoms with Crippen molar-refractivity contribution in [2.45, 2.75) is 83.4 Å². The van der Waals surface area contributed by atoms with Crippen LogP contribution in [0.15, 0.2) is 42.5 Å². The zero-order valence-electron chi connectivity index (χ0n) is 23.3. The molecule has 0 spiro atoms. The Hall–Kier alpha value is -3.20. The van der Waals surface area contributed by atoms with Gasteiger partial charge in [-0.2, -0.15) is 0 Å². The number of hydrogen-bond acceptors (Lipinski definition) is 7. The fraction of sp³-hybridized carbons (Fsp3) is 0.600. The smallest absolute Gasteiger partial charge is 0.309 e. The molecule has 0 radical (unpaired) electrons. The molecule has 0 aliphatic carbocycles. The van der Waals surface area contributed by atoms with Crippen molar-refractivity contribution in [3.05, 3.63) is 48.0 Å². The van der Waals surface area contributed by atoms with Crippen LogP contribution in [0.4, 0.5) is 0 Å². The molecule has 4 atom stereocenters. The van der Waals surface area contributed by atoms with E-state index in [2.05, 4.69) is 5.32 Å². The van der Waals surface area contributed by atoms with Crippen LogP contribution in [0.3, 0.4) is 0 Å². The predicted octanol–water partition coefficient (Wildman–Crippen LogP) is 2.94. The molecule has 2 heterocycles. The number of allylic oxidation sites excluding steroid dienone is 2. The summed E-state index contributed by atoms with van der Waals surface area (Å²) in [4.78, 5) is 53.4. The molecule has 2 aliphatic heterocycles. The summed E-state index contributed by atoms with van der Waals surface area (Å²) in [7, 11) is 0. The molecule has 2 amide bonds. The average Bonchev–Trinajstić information content (AvgIpc) is 3.35. The number of amides is 2. The van der Waals surface area contributed by atoms with Crippen LogP contribution in [0.25, 0.3) is 0 Å². The van der Waals surface area contributed by atoms with Crippen LogP contribution >= 0.6 is 0 Å². The van der Waals surface area contributed by atoms with E-state index in [9.17, 15) is 24.3 Å². The Balaban J connectivity index is 1.69. The molecule has 39 heavy (non-hydrogen) atoms. The zero-order chi connectivity index (χ0) is 28.4. The molecule has 0 unspecified atom stereocenters. The second-order valence-electron chi connectivity index (χ2n) is 11.4. The van der Waals surface area contributed by atoms with Crippen molar-refractivity contribution in [3.63, 3.8) is 0 Å². The molecule has 0 aromatic heterocycles. The lowest BCUT2D eigenvalue weighted by molar-refractivity contribution is -0.162. The average molecular weight is 543 g/mol. The van der Waals surface area contributed by atoms with E-state index in [4.69, 9.17) is 9.47 Å². The molecule has 2 aliphatic rings. The molecule has 1 saturated heterocycles. The second-order valence-corrected chi connectivity index (χ2v) is 11.4. The third-order valence-corrected chi connectivity index (χ3v) is 6.94. The number of benzene rings is 1. The van der Waals surface area contributed by atoms with Crippen LogP contribution in [-0.4, -0.2) is 71.2 Å². The fourth-order valence-electron chi connectivity index (χ4n) is 5.04. The SMILES string of the molecule is CC(C)(C)OC(=O)C[C@@H]1C/C=C/C[C@@H](CC(=O)N[C@@H](CO)Cc2ccccc2)C(=O)N2CCC[C@H]2COC1=O. The van der Waals surface area contributed by atoms with Gasteiger partial charge < -0.3 is 24.8 Å². The van der Waals surface area contributed by atoms with Crippen LogP contribution in [0.1, 0.15) is 64.9 Å². The van der Waals surface area contributed by atoms with Crippen LogP contribution in [0.5, 0.6) is 0 Å². The minimum atomic E-state index is -0.689. The van der Waals surface area contributed by atoms with Gasteiger partial charge in [0.05, 0.1) is 36.9 Å². The van der Waals surface area contributed by atoms with E-state index >= 15 is 0 Å². The number of carbonyl (C=O) groups excluding carboxylic acids is 4. The van der Waals surface area contributed by atoms with Crippen molar-refractivity contribution in [2.75, 3.05) is 19.8 Å². The van der Waals surface area contributed by atoms with E-state index in [-0.39, 0.29) is 50.3 Å². The Morgan fingerprint density at radius 2 is 1.79 bits per heavy atom. The number of fused-ring (bicyclic) bond motifs is 1. The lowest BCUT2D eigenvalue weighted by atomic mass is 9.95. The number of cyclic esters (lactones) is 1. The minimum Gasteiger partial charge on any atom is -0.463 e. The van der Waals surface area contributed by atoms with E-state index < -0.39 is 35.4 Å². The third kappa shape index (κ3) is 9.80. The van der Waals surface area contributed by atoms with Crippen molar-refractivity contribution in [2.24, 2.45) is 11.8 Å². The van der Waals surface area contributed by atoms with Gasteiger partial charge in [0.15, 0.2) is 0 Å². The van der Waals surface area contributed by atoms with E-state index in [1.54, 1.807) is 37.8 Å². The van der Waals surface area contributed by atoms with Crippen molar-refractivity contribution in [3.8, 4) is 0 Å². The molecule has 1 aromatic carbocycles. The number of aliphatic hydroxyl groups excluding tert-OH is 1. The highest BCUT2D eigenvalue weighted by molar-refractivity contribution is 5.86. The van der Waals surface area contributed by atoms with Crippen molar-refractivity contribution in [1.82, 2.24) is 10.2 Å². The maximum atomic E-state index is 13.5. The first kappa shape index (κ1) is 30.3. The summed E-state index contributed by atoms with van der Waals surface area (Å²) < 4.78 is 11.0. The maximum absolute atomic E-state index is 13.5. The van der Waals surface area contributed by atoms with Crippen LogP contribution < -0.4 is 5.32 Å². The second kappa shape index (κ2) is 14.3. The standard InChI is InChI=1S/C30H42N2O7/c1-30(2,3)39-27(35)18-23-13-8-7-12-22(28(36)32-15-9-14-25(32)20-38-29(23)37)17-26(34)31-24(19-33)16-21-10-5-4-6-11-21/h4-8,10-11,22-25,33H,9,12-20H2,1-3H3,(H,31,34)/b8-7+/t22-,23-,24+,25-/m0/s1. The first-order valence-electron chi connectivity index (χ1n) is 13.8. The molecule has 0 bridgehead atoms. The monoisotopic (exact) mass is 542 g/mol. The van der Waals surface area contributed by atoms with Crippen LogP contribution in [-0.2, 0) is 35.1 Å². The number of ether oxygens (including phenoxy) is 2. The largest absolute Gasteiger partial charge is 0.463 e. The van der Waals surface area contributed by atoms with Gasteiger partial charge in [-0.1, -0.05) is 42.5 Å². The van der Waals surface area contributed by atoms with E-state index in [1.165, 1.54) is 0 Å². The Morgan fingerprint density at radius 1 is 1.10 bits per heavy atom. The molecule has 1 aromatic rings. The molecule has 3 rings (SSSR count). The van der Waals surface area contributed by atoms with Gasteiger partial charge in [0.25, 0.3) is 0 Å². The minimum absolute atomic E-state index is 0.0151. The fourth-order valence-corrected chi connectivity index (χ4v) is 5.04. The van der Waals surface area contributed by atoms with Gasteiger partial charge in [0, 0.05) is 13.0 Å². The Morgan fingerprint density at radius 3 is 2.46 bits per heavy atom. The molecule has 214 valence electrons. The topological polar surface area (TPSA) is 122 Å². The molecular formula is C30H42N2O7. The molecule has 9 heteroatoms. The third-order valence-electron chi connectivity index (χ3n) is 6.94. The summed E-state index contributed by atoms with van der Waals surface area (Å²) in [5, 5.41) is 12.7. The summed E-state index contributed by atoms with van der Waals surface area (Å²) in [5.41, 5.74) is 0.342. The highest BCUT2D eigenvalue weighted by atomic mass is 16.6. The Kier molecular flexibility index (Phi) is 11.1. The van der Waals surface area contributed by atoms with E-state index in [0.717, 1.165) is 12.0 Å². The summed E-state index contributed by atoms with van der Waals surface area (Å²) >= 11 is 0. The summed E-state index contributed by atoms with van der Waals surface area (Å²) in [5.74, 6) is -2.65. The summed E-state index contributed by atoms with van der Waals surface area (Å²) in [6.45, 7) is 5.71. The Labute approximate surface area is 230 Å². The molecule has 2 N–H and O–H groups in total. The van der Waals surface area contributed by atoms with Crippen molar-refractivity contribution < 1.29 is 33.8 Å². The van der Waals surface area contributed by atoms with E-state index in [0.29, 0.717) is 25.8 Å². The summed E-state index contributed by atoms with van der Waals surface area (Å²) in [6, 6.07) is 8.88. The zero-order valence-corrected chi connectivity index (χ0v) is 23.3. The first-order valence-corrected chi connectivity index (χ1v) is 13.8. The number of rotatable bonds is 8. The predicted molar refractivity (Wildman–Crippen MR) is 145 cm³/mol. The molecular weight excluding hydrogens is 500 g/mol. The quantitative estimate of drug-likeness (QED) is 0.383. The molecule has 0 saturated carbocycles. The lowest BCUT2D eigenvalue weighted by Crippen LogP contribution is -2.45. The first-order chi connectivity index (χ1) is 18.6. The van der Waals surface area contributed by atoms with Gasteiger partial charge in [-0.3, -0.25) is 19.2 Å². The van der Waals surface area contributed by atoms with Gasteiger partial charge in [0.1, 0.15) is 12.2 Å². The lowest BCUT2D eigenvalue weighted by Gasteiger charge is -2.29. The highest BCUT2D eigenvalue weighted by Gasteiger charge is 2.36. The number of aliphatic hydroxyl groups is 1. The highest BCUT2D eigenvalue weighted by Crippen LogP contribution is 2.26. The van der Waals surface area contributed by atoms with E-state index in [1.807, 2.05) is 30.3 Å². The summed E-state index contributed by atoms with van der Waals surface area (Å²) in [6.07, 6.45) is 6.02. The van der Waals surface area contributed by atoms with Crippen molar-refractivity contribution in [1.29, 1.82) is 0 Å². The van der Waals surface area contributed by atoms with Gasteiger partial charge in [-0.05, 0) is 58.4 Å². The molecule has 9 nitrogen and oxygen atoms in total. The normalized spacial score (nSPS) is 24.0. The number of nitrogens with one attached hydrogen (secondary N) is 1. The van der Waals surface area contributed by atoms with Gasteiger partial charge >= 0.3 is 11.9 Å². The Bertz CT molecular complexity index is 1020. The number of esters is 2. The van der Waals surface area contributed by atoms with Crippen LogP contribution in [0.2, 0.25) is 0 Å². The van der Waals surface area contributed by atoms with Gasteiger partial charge in [0.2, 0.25) is 11.8 Å². The van der Waals surface area contributed by atoms with Crippen LogP contribution in [0, 0.1) is 11.8 Å².